The van der Waals surface area contributed by atoms with Gasteiger partial charge >= 0.3 is 0 Å². The SMILES string of the molecule is Cc1ccc2c(Cc3nc(Cc4cc(C)c(C)c5cc(C)ccc45)nc(Cc4cc(C)c(C)c5cc(C)ccc45)n3)cc(C)c(C)c2c1.Cc1ccc2cc(Cc3nc(Cc4cc(C)c5c(C)c(C)ccc5c4)nc(Cc4cc(C)c5c(C)c(C)ccc5c4)n3)cc(C)c2c1C. The highest BCUT2D eigenvalue weighted by Gasteiger charge is 2.20. The van der Waals surface area contributed by atoms with Crippen molar-refractivity contribution >= 4 is 64.6 Å². The molecule has 0 aliphatic carbocycles. The number of aromatic nitrogens is 6. The first-order valence-corrected chi connectivity index (χ1v) is 34.3. The Kier molecular flexibility index (Phi) is 17.6. The third-order valence-corrected chi connectivity index (χ3v) is 21.1. The molecule has 0 radical (unpaired) electrons. The first kappa shape index (κ1) is 64.9. The van der Waals surface area contributed by atoms with Gasteiger partial charge < -0.3 is 0 Å². The number of aryl methyl sites for hydroxylation is 18. The number of fused-ring (bicyclic) bond motifs is 6. The number of rotatable bonds is 12. The molecular weight excluding hydrogens is 1170 g/mol. The van der Waals surface area contributed by atoms with Crippen molar-refractivity contribution in [3.05, 3.63) is 314 Å². The molecule has 0 spiro atoms. The van der Waals surface area contributed by atoms with E-state index in [1.807, 2.05) is 0 Å². The summed E-state index contributed by atoms with van der Waals surface area (Å²) in [5.74, 6) is 4.95. The highest BCUT2D eigenvalue weighted by atomic mass is 15.0. The summed E-state index contributed by atoms with van der Waals surface area (Å²) in [5, 5.41) is 15.6. The van der Waals surface area contributed by atoms with Crippen LogP contribution in [0, 0.1) is 125 Å². The molecule has 0 aliphatic heterocycles. The maximum Gasteiger partial charge on any atom is 0.137 e. The van der Waals surface area contributed by atoms with Crippen LogP contribution in [0.5, 0.6) is 0 Å². The first-order chi connectivity index (χ1) is 45.9. The number of hydrogen-bond donors (Lipinski definition) is 0. The van der Waals surface area contributed by atoms with Crippen molar-refractivity contribution in [2.75, 3.05) is 0 Å². The molecule has 2 heterocycles. The van der Waals surface area contributed by atoms with E-state index in [4.69, 9.17) is 29.9 Å². The van der Waals surface area contributed by atoms with Crippen molar-refractivity contribution in [1.29, 1.82) is 0 Å². The molecule has 2 aromatic heterocycles. The van der Waals surface area contributed by atoms with E-state index in [1.165, 1.54) is 198 Å². The Hall–Kier alpha value is -9.78. The second-order valence-corrected chi connectivity index (χ2v) is 28.4. The van der Waals surface area contributed by atoms with E-state index in [-0.39, 0.29) is 0 Å². The number of nitrogens with zero attached hydrogens (tertiary/aromatic N) is 6. The lowest BCUT2D eigenvalue weighted by Gasteiger charge is -2.16. The van der Waals surface area contributed by atoms with Gasteiger partial charge in [-0.15, -0.1) is 0 Å². The molecule has 0 atom stereocenters. The van der Waals surface area contributed by atoms with Crippen molar-refractivity contribution in [3.63, 3.8) is 0 Å². The van der Waals surface area contributed by atoms with Crippen LogP contribution < -0.4 is 0 Å². The van der Waals surface area contributed by atoms with Crippen LogP contribution >= 0.6 is 0 Å². The van der Waals surface area contributed by atoms with Crippen molar-refractivity contribution in [2.24, 2.45) is 0 Å². The van der Waals surface area contributed by atoms with Gasteiger partial charge in [0, 0.05) is 38.5 Å². The van der Waals surface area contributed by atoms with Gasteiger partial charge in [-0.05, 0) is 306 Å². The molecule has 0 saturated heterocycles. The average Bonchev–Trinajstić information content (AvgIpc) is 0.812. The van der Waals surface area contributed by atoms with Gasteiger partial charge in [0.1, 0.15) is 34.9 Å². The molecule has 0 N–H and O–H groups in total. The fraction of sp³-hybridized carbons (Fsp3) is 0.267. The smallest absolute Gasteiger partial charge is 0.137 e. The lowest BCUT2D eigenvalue weighted by atomic mass is 9.92. The van der Waals surface area contributed by atoms with E-state index in [9.17, 15) is 0 Å². The highest BCUT2D eigenvalue weighted by Crippen LogP contribution is 2.35. The molecule has 0 saturated carbocycles. The van der Waals surface area contributed by atoms with Gasteiger partial charge in [-0.3, -0.25) is 0 Å². The molecule has 480 valence electrons. The van der Waals surface area contributed by atoms with Crippen molar-refractivity contribution in [2.45, 2.75) is 163 Å². The Morgan fingerprint density at radius 3 is 0.708 bits per heavy atom. The first-order valence-electron chi connectivity index (χ1n) is 34.3. The van der Waals surface area contributed by atoms with E-state index in [2.05, 4.69) is 270 Å². The van der Waals surface area contributed by atoms with Gasteiger partial charge in [0.05, 0.1) is 0 Å². The summed E-state index contributed by atoms with van der Waals surface area (Å²) in [6, 6.07) is 54.6. The highest BCUT2D eigenvalue weighted by molar-refractivity contribution is 5.95. The molecule has 6 nitrogen and oxygen atoms in total. The van der Waals surface area contributed by atoms with Crippen molar-refractivity contribution in [1.82, 2.24) is 29.9 Å². The Morgan fingerprint density at radius 2 is 0.448 bits per heavy atom. The summed E-state index contributed by atoms with van der Waals surface area (Å²) >= 11 is 0. The second-order valence-electron chi connectivity index (χ2n) is 28.4. The average molecular weight is 1260 g/mol. The van der Waals surface area contributed by atoms with Crippen molar-refractivity contribution in [3.8, 4) is 0 Å². The van der Waals surface area contributed by atoms with Gasteiger partial charge in [0.25, 0.3) is 0 Å². The fourth-order valence-electron chi connectivity index (χ4n) is 15.3. The molecule has 12 aromatic carbocycles. The predicted molar refractivity (Wildman–Crippen MR) is 405 cm³/mol. The topological polar surface area (TPSA) is 77.3 Å². The Bertz CT molecular complexity index is 4950. The Balaban J connectivity index is 0.000000174. The molecule has 0 unspecified atom stereocenters. The molecule has 0 bridgehead atoms. The minimum Gasteiger partial charge on any atom is -0.217 e. The Morgan fingerprint density at radius 1 is 0.198 bits per heavy atom. The van der Waals surface area contributed by atoms with E-state index < -0.39 is 0 Å². The minimum atomic E-state index is 0.656. The number of benzene rings is 12. The molecule has 0 amide bonds. The zero-order chi connectivity index (χ0) is 67.7. The van der Waals surface area contributed by atoms with Crippen LogP contribution in [0.4, 0.5) is 0 Å². The minimum absolute atomic E-state index is 0.656. The van der Waals surface area contributed by atoms with E-state index in [1.54, 1.807) is 0 Å². The monoisotopic (exact) mass is 1250 g/mol. The molecular formula is C90H90N6. The predicted octanol–water partition coefficient (Wildman–Crippen LogP) is 21.8. The zero-order valence-corrected chi connectivity index (χ0v) is 59.8. The second kappa shape index (κ2) is 26.1. The summed E-state index contributed by atoms with van der Waals surface area (Å²) in [5.41, 5.74) is 31.1. The molecule has 0 aliphatic rings. The van der Waals surface area contributed by atoms with E-state index in [0.717, 1.165) is 34.9 Å². The van der Waals surface area contributed by atoms with Gasteiger partial charge in [-0.25, -0.2) is 29.9 Å². The summed E-state index contributed by atoms with van der Waals surface area (Å²) < 4.78 is 0. The summed E-state index contributed by atoms with van der Waals surface area (Å²) in [6.07, 6.45) is 3.96. The fourth-order valence-corrected chi connectivity index (χ4v) is 15.3. The van der Waals surface area contributed by atoms with Gasteiger partial charge in [-0.2, -0.15) is 0 Å². The third kappa shape index (κ3) is 13.0. The number of hydrogen-bond acceptors (Lipinski definition) is 6. The quantitative estimate of drug-likeness (QED) is 0.121. The van der Waals surface area contributed by atoms with Crippen LogP contribution in [-0.2, 0) is 38.5 Å². The van der Waals surface area contributed by atoms with E-state index in [0.29, 0.717) is 38.5 Å². The zero-order valence-electron chi connectivity index (χ0n) is 59.8. The molecule has 0 fully saturated rings. The molecule has 96 heavy (non-hydrogen) atoms. The lowest BCUT2D eigenvalue weighted by Crippen LogP contribution is -2.11. The van der Waals surface area contributed by atoms with Crippen molar-refractivity contribution < 1.29 is 0 Å². The largest absolute Gasteiger partial charge is 0.217 e. The molecule has 6 heteroatoms. The molecule has 14 aromatic rings. The normalized spacial score (nSPS) is 11.7. The van der Waals surface area contributed by atoms with Crippen LogP contribution in [0.25, 0.3) is 64.6 Å². The van der Waals surface area contributed by atoms with Crippen LogP contribution in [0.1, 0.15) is 168 Å². The van der Waals surface area contributed by atoms with Crippen LogP contribution in [0.15, 0.2) is 146 Å². The van der Waals surface area contributed by atoms with Crippen LogP contribution in [0.3, 0.4) is 0 Å². The lowest BCUT2D eigenvalue weighted by molar-refractivity contribution is 0.797. The standard InChI is InChI=1S/2C45H45N3/c1-25-10-13-37-19-34(16-28(4)43(37)31(25)7)22-40-46-41(23-35-17-29(5)44-32(8)26(2)11-14-38(44)20-35)48-42(47-40)24-36-18-30(6)45-33(9)27(3)12-15-39(45)21-36;1-25-10-13-37-34(19-28(4)31(7)40(37)16-25)22-43-46-44(23-35-20-29(5)32(8)41-17-26(2)11-14-38(35)41)48-45(47-43)24-36-21-30(6)33(9)42-18-27(3)12-15-39(36)42/h2*10-21H,22-24H2,1-9H3. The van der Waals surface area contributed by atoms with Crippen LogP contribution in [-0.4, -0.2) is 29.9 Å². The van der Waals surface area contributed by atoms with Gasteiger partial charge in [0.15, 0.2) is 0 Å². The van der Waals surface area contributed by atoms with Gasteiger partial charge in [0.2, 0.25) is 0 Å². The maximum absolute atomic E-state index is 5.20. The summed E-state index contributed by atoms with van der Waals surface area (Å²) in [6.45, 7) is 39.7. The summed E-state index contributed by atoms with van der Waals surface area (Å²) in [4.78, 5) is 31.0. The summed E-state index contributed by atoms with van der Waals surface area (Å²) in [7, 11) is 0. The molecule has 14 rings (SSSR count). The maximum atomic E-state index is 5.20. The Labute approximate surface area is 568 Å². The van der Waals surface area contributed by atoms with E-state index >= 15 is 0 Å². The van der Waals surface area contributed by atoms with Gasteiger partial charge in [-0.1, -0.05) is 162 Å². The third-order valence-electron chi connectivity index (χ3n) is 21.1. The van der Waals surface area contributed by atoms with Crippen LogP contribution in [0.2, 0.25) is 0 Å².